The molecule has 3 heterocycles. The Labute approximate surface area is 194 Å². The maximum absolute atomic E-state index is 13.8. The highest BCUT2D eigenvalue weighted by Crippen LogP contribution is 2.30. The van der Waals surface area contributed by atoms with Crippen LogP contribution < -0.4 is 9.80 Å². The van der Waals surface area contributed by atoms with Gasteiger partial charge in [-0.05, 0) is 42.8 Å². The van der Waals surface area contributed by atoms with Crippen LogP contribution in [0.3, 0.4) is 0 Å². The molecule has 4 aromatic rings. The molecular weight excluding hydrogens is 410 g/mol. The molecule has 0 saturated heterocycles. The molecule has 2 aromatic heterocycles. The lowest BCUT2D eigenvalue weighted by Crippen LogP contribution is -2.39. The highest BCUT2D eigenvalue weighted by molar-refractivity contribution is 5.95. The summed E-state index contributed by atoms with van der Waals surface area (Å²) in [5, 5.41) is 0. The predicted octanol–water partition coefficient (Wildman–Crippen LogP) is 4.74. The monoisotopic (exact) mass is 439 g/mol. The number of imidazole rings is 1. The fourth-order valence-corrected chi connectivity index (χ4v) is 4.58. The van der Waals surface area contributed by atoms with Crippen LogP contribution in [-0.2, 0) is 24.3 Å². The quantitative estimate of drug-likeness (QED) is 0.472. The Bertz CT molecular complexity index is 1210. The number of carbonyl (C=O) groups is 1. The molecule has 1 aliphatic heterocycles. The van der Waals surface area contributed by atoms with Crippen molar-refractivity contribution in [3.63, 3.8) is 0 Å². The summed E-state index contributed by atoms with van der Waals surface area (Å²) in [5.41, 5.74) is 5.29. The number of aromatic nitrogens is 3. The van der Waals surface area contributed by atoms with Gasteiger partial charge in [0.1, 0.15) is 5.82 Å². The van der Waals surface area contributed by atoms with Crippen molar-refractivity contribution in [2.75, 3.05) is 23.9 Å². The lowest BCUT2D eigenvalue weighted by atomic mass is 9.94. The van der Waals surface area contributed by atoms with E-state index in [0.717, 1.165) is 47.1 Å². The van der Waals surface area contributed by atoms with Crippen molar-refractivity contribution in [2.45, 2.75) is 25.9 Å². The zero-order chi connectivity index (χ0) is 22.8. The van der Waals surface area contributed by atoms with Gasteiger partial charge in [0, 0.05) is 73.7 Å². The second kappa shape index (κ2) is 8.98. The van der Waals surface area contributed by atoms with Crippen LogP contribution in [0.1, 0.15) is 17.8 Å². The first-order chi connectivity index (χ1) is 16.1. The summed E-state index contributed by atoms with van der Waals surface area (Å²) in [6, 6.07) is 22.4. The smallest absolute Gasteiger partial charge is 0.230 e. The number of nitrogens with zero attached hydrogens (tertiary/aromatic N) is 4. The molecule has 0 aliphatic carbocycles. The summed E-state index contributed by atoms with van der Waals surface area (Å²) in [7, 11) is 4.04. The summed E-state index contributed by atoms with van der Waals surface area (Å²) in [5.74, 6) is 1.08. The van der Waals surface area contributed by atoms with E-state index in [1.165, 1.54) is 0 Å². The molecule has 1 amide bonds. The lowest BCUT2D eigenvalue weighted by Gasteiger charge is -2.30. The number of hydrogen-bond donors (Lipinski definition) is 1. The van der Waals surface area contributed by atoms with Crippen molar-refractivity contribution < 1.29 is 4.79 Å². The van der Waals surface area contributed by atoms with Crippen LogP contribution >= 0.6 is 0 Å². The first-order valence-electron chi connectivity index (χ1n) is 11.4. The number of rotatable bonds is 6. The Morgan fingerprint density at radius 2 is 1.79 bits per heavy atom. The van der Waals surface area contributed by atoms with Crippen molar-refractivity contribution in [1.82, 2.24) is 14.5 Å². The lowest BCUT2D eigenvalue weighted by molar-refractivity contribution is -0.123. The molecule has 0 radical (unpaired) electrons. The normalized spacial score (nSPS) is 15.2. The van der Waals surface area contributed by atoms with Crippen LogP contribution in [0, 0.1) is 5.92 Å². The summed E-state index contributed by atoms with van der Waals surface area (Å²) in [6.45, 7) is 1.32. The minimum atomic E-state index is -0.0682. The van der Waals surface area contributed by atoms with E-state index in [4.69, 9.17) is 0 Å². The fourth-order valence-electron chi connectivity index (χ4n) is 4.58. The van der Waals surface area contributed by atoms with Gasteiger partial charge in [0.2, 0.25) is 5.91 Å². The van der Waals surface area contributed by atoms with Crippen LogP contribution in [0.15, 0.2) is 79.1 Å². The number of aromatic amines is 1. The second-order valence-corrected chi connectivity index (χ2v) is 8.81. The summed E-state index contributed by atoms with van der Waals surface area (Å²) in [4.78, 5) is 25.7. The molecule has 0 bridgehead atoms. The molecule has 6 heteroatoms. The van der Waals surface area contributed by atoms with Gasteiger partial charge in [0.05, 0.1) is 6.54 Å². The summed E-state index contributed by atoms with van der Waals surface area (Å²) in [6.07, 6.45) is 5.34. The highest BCUT2D eigenvalue weighted by Gasteiger charge is 2.31. The molecule has 0 spiro atoms. The number of carbonyl (C=O) groups excluding carboxylic acids is 1. The predicted molar refractivity (Wildman–Crippen MR) is 132 cm³/mol. The first kappa shape index (κ1) is 21.1. The molecule has 1 unspecified atom stereocenters. The maximum atomic E-state index is 13.8. The Morgan fingerprint density at radius 3 is 2.48 bits per heavy atom. The Morgan fingerprint density at radius 1 is 1.03 bits per heavy atom. The van der Waals surface area contributed by atoms with Gasteiger partial charge in [-0.3, -0.25) is 4.79 Å². The molecule has 1 N–H and O–H groups in total. The van der Waals surface area contributed by atoms with E-state index in [2.05, 4.69) is 43.7 Å². The molecule has 1 atom stereocenters. The van der Waals surface area contributed by atoms with Gasteiger partial charge in [-0.2, -0.15) is 0 Å². The molecule has 1 aliphatic rings. The molecule has 6 nitrogen and oxygen atoms in total. The van der Waals surface area contributed by atoms with Crippen molar-refractivity contribution in [2.24, 2.45) is 5.92 Å². The van der Waals surface area contributed by atoms with Gasteiger partial charge < -0.3 is 19.4 Å². The molecule has 2 aromatic carbocycles. The van der Waals surface area contributed by atoms with Crippen LogP contribution in [0.25, 0.3) is 11.4 Å². The van der Waals surface area contributed by atoms with E-state index >= 15 is 0 Å². The average Bonchev–Trinajstić information content (AvgIpc) is 3.52. The molecular formula is C27H29N5O. The number of anilines is 2. The van der Waals surface area contributed by atoms with E-state index in [1.807, 2.05) is 73.9 Å². The number of hydrogen-bond acceptors (Lipinski definition) is 3. The van der Waals surface area contributed by atoms with Gasteiger partial charge in [-0.15, -0.1) is 0 Å². The SMILES string of the molecule is CN(C)c1ccc(N(Cc2ccc[nH]2)C(=O)C2CCn3c(cnc3-c3ccccc3)C2)cc1. The van der Waals surface area contributed by atoms with Crippen molar-refractivity contribution in [3.05, 3.63) is 90.5 Å². The fraction of sp³-hybridized carbons (Fsp3) is 0.259. The van der Waals surface area contributed by atoms with Crippen LogP contribution in [0.5, 0.6) is 0 Å². The van der Waals surface area contributed by atoms with E-state index in [0.29, 0.717) is 13.0 Å². The number of fused-ring (bicyclic) bond motifs is 1. The number of amides is 1. The minimum Gasteiger partial charge on any atom is -0.378 e. The zero-order valence-electron chi connectivity index (χ0n) is 19.1. The van der Waals surface area contributed by atoms with Crippen molar-refractivity contribution in [3.8, 4) is 11.4 Å². The van der Waals surface area contributed by atoms with E-state index in [9.17, 15) is 4.79 Å². The van der Waals surface area contributed by atoms with Gasteiger partial charge in [0.15, 0.2) is 0 Å². The molecule has 0 saturated carbocycles. The number of nitrogens with one attached hydrogen (secondary N) is 1. The Balaban J connectivity index is 1.40. The largest absolute Gasteiger partial charge is 0.378 e. The van der Waals surface area contributed by atoms with Crippen LogP contribution in [-0.4, -0.2) is 34.5 Å². The van der Waals surface area contributed by atoms with Gasteiger partial charge in [0.25, 0.3) is 0 Å². The van der Waals surface area contributed by atoms with E-state index in [-0.39, 0.29) is 11.8 Å². The third-order valence-electron chi connectivity index (χ3n) is 6.41. The third-order valence-corrected chi connectivity index (χ3v) is 6.41. The van der Waals surface area contributed by atoms with Gasteiger partial charge in [-0.25, -0.2) is 4.98 Å². The molecule has 33 heavy (non-hydrogen) atoms. The van der Waals surface area contributed by atoms with Crippen molar-refractivity contribution >= 4 is 17.3 Å². The zero-order valence-corrected chi connectivity index (χ0v) is 19.1. The second-order valence-electron chi connectivity index (χ2n) is 8.81. The first-order valence-corrected chi connectivity index (χ1v) is 11.4. The Kier molecular flexibility index (Phi) is 5.73. The minimum absolute atomic E-state index is 0.0682. The van der Waals surface area contributed by atoms with E-state index in [1.54, 1.807) is 0 Å². The number of benzene rings is 2. The van der Waals surface area contributed by atoms with E-state index < -0.39 is 0 Å². The maximum Gasteiger partial charge on any atom is 0.230 e. The standard InChI is InChI=1S/C27H29N5O/c1-30(2)23-10-12-24(13-11-23)32(19-22-9-6-15-28-22)27(33)21-14-16-31-25(17-21)18-29-26(31)20-7-4-3-5-8-20/h3-13,15,18,21,28H,14,16-17,19H2,1-2H3. The number of H-pyrrole nitrogens is 1. The van der Waals surface area contributed by atoms with Gasteiger partial charge >= 0.3 is 0 Å². The van der Waals surface area contributed by atoms with Gasteiger partial charge in [-0.1, -0.05) is 30.3 Å². The van der Waals surface area contributed by atoms with Crippen molar-refractivity contribution in [1.29, 1.82) is 0 Å². The Hall–Kier alpha value is -3.80. The van der Waals surface area contributed by atoms with Crippen LogP contribution in [0.2, 0.25) is 0 Å². The summed E-state index contributed by atoms with van der Waals surface area (Å²) < 4.78 is 2.26. The summed E-state index contributed by atoms with van der Waals surface area (Å²) >= 11 is 0. The molecule has 5 rings (SSSR count). The highest BCUT2D eigenvalue weighted by atomic mass is 16.2. The topological polar surface area (TPSA) is 57.2 Å². The van der Waals surface area contributed by atoms with Crippen LogP contribution in [0.4, 0.5) is 11.4 Å². The molecule has 0 fully saturated rings. The third kappa shape index (κ3) is 4.29. The molecule has 168 valence electrons. The average molecular weight is 440 g/mol.